The minimum Gasteiger partial charge on any atom is -0.508 e. The van der Waals surface area contributed by atoms with Crippen LogP contribution in [0.5, 0.6) is 5.75 Å². The van der Waals surface area contributed by atoms with Crippen molar-refractivity contribution >= 4 is 8.07 Å². The molecule has 2 heteroatoms. The van der Waals surface area contributed by atoms with Crippen LogP contribution in [-0.2, 0) is 10.8 Å². The zero-order chi connectivity index (χ0) is 30.2. The molecule has 0 amide bonds. The van der Waals surface area contributed by atoms with Gasteiger partial charge in [0, 0.05) is 23.0 Å². The van der Waals surface area contributed by atoms with Crippen molar-refractivity contribution in [1.29, 1.82) is 0 Å². The van der Waals surface area contributed by atoms with Crippen molar-refractivity contribution in [3.8, 4) is 17.2 Å². The first-order valence-corrected chi connectivity index (χ1v) is 17.9. The Morgan fingerprint density at radius 1 is 0.610 bits per heavy atom. The first-order valence-electron chi connectivity index (χ1n) is 15.7. The maximum Gasteiger partial charge on any atom is 0.146 e. The van der Waals surface area contributed by atoms with Gasteiger partial charge < -0.3 is 5.11 Å². The SMILES string of the molecule is CC(C)[Si](C#Cc1ccc(O)c2c1[C@H]1c3ccc(C(C)(C)C)cc3[C@@H]2c2ccc(C(C)(C)C)cc21)(C(C)C)C(C)C. The molecule has 1 nitrogen and oxygen atoms in total. The van der Waals surface area contributed by atoms with Gasteiger partial charge in [0.1, 0.15) is 13.8 Å². The minimum atomic E-state index is -1.92. The van der Waals surface area contributed by atoms with Crippen LogP contribution in [0.2, 0.25) is 16.6 Å². The van der Waals surface area contributed by atoms with E-state index in [9.17, 15) is 5.11 Å². The second-order valence-electron chi connectivity index (χ2n) is 15.7. The maximum atomic E-state index is 11.5. The first-order chi connectivity index (χ1) is 19.0. The van der Waals surface area contributed by atoms with Gasteiger partial charge >= 0.3 is 0 Å². The van der Waals surface area contributed by atoms with Gasteiger partial charge in [0.25, 0.3) is 0 Å². The van der Waals surface area contributed by atoms with Gasteiger partial charge in [-0.25, -0.2) is 0 Å². The molecule has 0 unspecified atom stereocenters. The van der Waals surface area contributed by atoms with Crippen LogP contribution in [0.3, 0.4) is 0 Å². The normalized spacial score (nSPS) is 17.8. The van der Waals surface area contributed by atoms with Crippen molar-refractivity contribution in [2.45, 2.75) is 122 Å². The number of hydrogen-bond acceptors (Lipinski definition) is 1. The van der Waals surface area contributed by atoms with E-state index in [0.29, 0.717) is 22.4 Å². The van der Waals surface area contributed by atoms with Crippen LogP contribution in [0.4, 0.5) is 0 Å². The summed E-state index contributed by atoms with van der Waals surface area (Å²) in [6, 6.07) is 18.2. The van der Waals surface area contributed by atoms with Gasteiger partial charge in [-0.2, -0.15) is 0 Å². The van der Waals surface area contributed by atoms with Crippen molar-refractivity contribution in [3.05, 3.63) is 98.6 Å². The third-order valence-corrected chi connectivity index (χ3v) is 16.6. The fourth-order valence-corrected chi connectivity index (χ4v) is 13.2. The van der Waals surface area contributed by atoms with E-state index in [0.717, 1.165) is 11.1 Å². The zero-order valence-corrected chi connectivity index (χ0v) is 28.5. The molecule has 0 saturated carbocycles. The van der Waals surface area contributed by atoms with E-state index in [-0.39, 0.29) is 22.7 Å². The third-order valence-electron chi connectivity index (χ3n) is 10.3. The van der Waals surface area contributed by atoms with E-state index in [2.05, 4.69) is 137 Å². The van der Waals surface area contributed by atoms with Gasteiger partial charge in [-0.05, 0) is 78.5 Å². The lowest BCUT2D eigenvalue weighted by Crippen LogP contribution is -2.43. The number of aromatic hydroxyl groups is 1. The Bertz CT molecular complexity index is 1540. The Hall–Kier alpha value is -2.76. The highest BCUT2D eigenvalue weighted by Gasteiger charge is 2.45. The van der Waals surface area contributed by atoms with E-state index in [1.54, 1.807) is 0 Å². The molecule has 0 heterocycles. The number of rotatable bonds is 3. The molecule has 6 rings (SSSR count). The van der Waals surface area contributed by atoms with Crippen LogP contribution in [0.25, 0.3) is 0 Å². The van der Waals surface area contributed by atoms with Crippen LogP contribution < -0.4 is 0 Å². The first kappa shape index (κ1) is 29.7. The topological polar surface area (TPSA) is 20.2 Å². The predicted molar refractivity (Wildman–Crippen MR) is 178 cm³/mol. The highest BCUT2D eigenvalue weighted by Crippen LogP contribution is 2.59. The Balaban J connectivity index is 1.82. The Labute approximate surface area is 250 Å². The van der Waals surface area contributed by atoms with E-state index in [4.69, 9.17) is 0 Å². The zero-order valence-electron chi connectivity index (χ0n) is 27.5. The molecule has 0 radical (unpaired) electrons. The van der Waals surface area contributed by atoms with Crippen molar-refractivity contribution < 1.29 is 5.11 Å². The Kier molecular flexibility index (Phi) is 7.18. The summed E-state index contributed by atoms with van der Waals surface area (Å²) >= 11 is 0. The van der Waals surface area contributed by atoms with Gasteiger partial charge in [0.05, 0.1) is 0 Å². The van der Waals surface area contributed by atoms with Gasteiger partial charge in [-0.15, -0.1) is 5.54 Å². The van der Waals surface area contributed by atoms with E-state index >= 15 is 0 Å². The molecule has 0 spiro atoms. The lowest BCUT2D eigenvalue weighted by molar-refractivity contribution is 0.462. The van der Waals surface area contributed by atoms with Gasteiger partial charge in [0.15, 0.2) is 0 Å². The smallest absolute Gasteiger partial charge is 0.146 e. The van der Waals surface area contributed by atoms with E-state index in [1.165, 1.54) is 38.9 Å². The fraction of sp³-hybridized carbons (Fsp3) is 0.487. The molecule has 3 aliphatic carbocycles. The summed E-state index contributed by atoms with van der Waals surface area (Å²) in [5, 5.41) is 11.5. The average Bonchev–Trinajstić information content (AvgIpc) is 2.87. The summed E-state index contributed by atoms with van der Waals surface area (Å²) in [5.74, 6) is 4.30. The average molecular weight is 563 g/mol. The highest BCUT2D eigenvalue weighted by atomic mass is 28.3. The third kappa shape index (κ3) is 4.60. The molecule has 0 aromatic heterocycles. The standard InChI is InChI=1S/C39H50OSi/c1-23(2)41(24(3)4,25(5)6)20-19-26-13-18-33(40)37-34(26)35-29-16-14-28(39(10,11)12)22-32(29)36(37)30-17-15-27(21-31(30)35)38(7,8)9/h13-18,21-25,35-36,40H,1-12H3/t35-,36-/m0/s1. The minimum absolute atomic E-state index is 0.0142. The molecule has 0 fully saturated rings. The van der Waals surface area contributed by atoms with Gasteiger partial charge in [-0.3, -0.25) is 0 Å². The molecule has 3 aliphatic rings. The van der Waals surface area contributed by atoms with Crippen LogP contribution in [0.1, 0.15) is 145 Å². The molecule has 2 bridgehead atoms. The molecular formula is C39H50OSi. The van der Waals surface area contributed by atoms with Crippen molar-refractivity contribution in [3.63, 3.8) is 0 Å². The Morgan fingerprint density at radius 2 is 1.05 bits per heavy atom. The summed E-state index contributed by atoms with van der Waals surface area (Å²) in [7, 11) is -1.92. The molecule has 41 heavy (non-hydrogen) atoms. The van der Waals surface area contributed by atoms with Crippen LogP contribution in [-0.4, -0.2) is 13.2 Å². The predicted octanol–water partition coefficient (Wildman–Crippen LogP) is 10.5. The highest BCUT2D eigenvalue weighted by molar-refractivity contribution is 6.90. The number of phenols is 1. The van der Waals surface area contributed by atoms with Crippen LogP contribution >= 0.6 is 0 Å². The molecular weight excluding hydrogens is 513 g/mol. The van der Waals surface area contributed by atoms with Crippen LogP contribution in [0, 0.1) is 11.5 Å². The molecule has 3 aromatic carbocycles. The van der Waals surface area contributed by atoms with Gasteiger partial charge in [-0.1, -0.05) is 125 Å². The van der Waals surface area contributed by atoms with E-state index in [1.807, 2.05) is 6.07 Å². The molecule has 0 aliphatic heterocycles. The Morgan fingerprint density at radius 3 is 1.46 bits per heavy atom. The second-order valence-corrected chi connectivity index (χ2v) is 21.2. The molecule has 0 saturated heterocycles. The molecule has 1 N–H and O–H groups in total. The summed E-state index contributed by atoms with van der Waals surface area (Å²) in [6.07, 6.45) is 0. The van der Waals surface area contributed by atoms with Crippen LogP contribution in [0.15, 0.2) is 48.5 Å². The molecule has 3 aromatic rings. The van der Waals surface area contributed by atoms with Crippen molar-refractivity contribution in [2.75, 3.05) is 0 Å². The number of benzene rings is 3. The van der Waals surface area contributed by atoms with Gasteiger partial charge in [0.2, 0.25) is 0 Å². The van der Waals surface area contributed by atoms with E-state index < -0.39 is 8.07 Å². The quantitative estimate of drug-likeness (QED) is 0.171. The monoisotopic (exact) mass is 562 g/mol. The number of phenolic OH excluding ortho intramolecular Hbond substituents is 1. The molecule has 216 valence electrons. The lowest BCUT2D eigenvalue weighted by Gasteiger charge is -2.44. The fourth-order valence-electron chi connectivity index (χ4n) is 8.02. The summed E-state index contributed by atoms with van der Waals surface area (Å²) < 4.78 is 0. The second kappa shape index (κ2) is 9.91. The maximum absolute atomic E-state index is 11.5. The summed E-state index contributed by atoms with van der Waals surface area (Å²) in [4.78, 5) is 0. The largest absolute Gasteiger partial charge is 0.508 e. The van der Waals surface area contributed by atoms with Crippen molar-refractivity contribution in [1.82, 2.24) is 0 Å². The lowest BCUT2D eigenvalue weighted by atomic mass is 9.59. The summed E-state index contributed by atoms with van der Waals surface area (Å²) in [5.41, 5.74) is 17.4. The van der Waals surface area contributed by atoms with Crippen molar-refractivity contribution in [2.24, 2.45) is 0 Å². The summed E-state index contributed by atoms with van der Waals surface area (Å²) in [6.45, 7) is 28.0. The number of hydrogen-bond donors (Lipinski definition) is 1. The molecule has 2 atom stereocenters.